The van der Waals surface area contributed by atoms with Gasteiger partial charge in [-0.05, 0) is 57.2 Å². The summed E-state index contributed by atoms with van der Waals surface area (Å²) in [5, 5.41) is 2.77. The molecule has 3 rings (SSSR count). The van der Waals surface area contributed by atoms with Crippen molar-refractivity contribution in [1.82, 2.24) is 0 Å². The molecule has 0 saturated heterocycles. The molecule has 0 fully saturated rings. The van der Waals surface area contributed by atoms with Gasteiger partial charge in [0.05, 0.1) is 11.4 Å². The average Bonchev–Trinajstić information content (AvgIpc) is 2.68. The van der Waals surface area contributed by atoms with E-state index in [2.05, 4.69) is 5.32 Å². The number of hydrogen-bond donors (Lipinski definition) is 1. The fourth-order valence-corrected chi connectivity index (χ4v) is 2.98. The van der Waals surface area contributed by atoms with Gasteiger partial charge in [-0.2, -0.15) is 0 Å². The van der Waals surface area contributed by atoms with Crippen molar-refractivity contribution in [2.45, 2.75) is 32.4 Å². The molecule has 1 heterocycles. The number of nitrogens with one attached hydrogen (secondary N) is 1. The molecule has 0 bridgehead atoms. The molecule has 1 N–H and O–H groups in total. The number of ether oxygens (including phenoxy) is 2. The van der Waals surface area contributed by atoms with Gasteiger partial charge in [-0.1, -0.05) is 12.1 Å². The second-order valence-corrected chi connectivity index (χ2v) is 7.08. The van der Waals surface area contributed by atoms with E-state index in [9.17, 15) is 18.8 Å². The third kappa shape index (κ3) is 4.21. The smallest absolute Gasteiger partial charge is 0.344 e. The average molecular weight is 400 g/mol. The highest BCUT2D eigenvalue weighted by Gasteiger charge is 2.45. The van der Waals surface area contributed by atoms with Crippen LogP contribution in [0, 0.1) is 5.82 Å². The second kappa shape index (κ2) is 7.90. The zero-order chi connectivity index (χ0) is 21.2. The number of anilines is 2. The summed E-state index contributed by atoms with van der Waals surface area (Å²) < 4.78 is 23.3. The maximum Gasteiger partial charge on any atom is 0.344 e. The van der Waals surface area contributed by atoms with Crippen LogP contribution in [0.25, 0.3) is 0 Å². The minimum absolute atomic E-state index is 0.296. The van der Waals surface area contributed by atoms with Crippen molar-refractivity contribution >= 4 is 29.2 Å². The van der Waals surface area contributed by atoms with Crippen molar-refractivity contribution in [2.75, 3.05) is 16.8 Å². The summed E-state index contributed by atoms with van der Waals surface area (Å²) >= 11 is 0. The Balaban J connectivity index is 1.69. The third-order valence-corrected chi connectivity index (χ3v) is 4.55. The first-order valence-corrected chi connectivity index (χ1v) is 9.02. The first kappa shape index (κ1) is 20.3. The summed E-state index contributed by atoms with van der Waals surface area (Å²) in [5.74, 6) is -1.77. The molecule has 1 aliphatic rings. The predicted octanol–water partition coefficient (Wildman–Crippen LogP) is 2.90. The molecule has 0 unspecified atom stereocenters. The van der Waals surface area contributed by atoms with E-state index < -0.39 is 35.9 Å². The Morgan fingerprint density at radius 2 is 1.79 bits per heavy atom. The fourth-order valence-electron chi connectivity index (χ4n) is 2.98. The van der Waals surface area contributed by atoms with Crippen molar-refractivity contribution < 1.29 is 28.2 Å². The Kier molecular flexibility index (Phi) is 5.54. The Morgan fingerprint density at radius 1 is 1.14 bits per heavy atom. The van der Waals surface area contributed by atoms with Gasteiger partial charge in [-0.3, -0.25) is 14.5 Å². The van der Waals surface area contributed by atoms with Crippen LogP contribution in [-0.2, 0) is 19.1 Å². The number of rotatable bonds is 5. The highest BCUT2D eigenvalue weighted by Crippen LogP contribution is 2.37. The molecule has 2 amide bonds. The number of benzene rings is 2. The van der Waals surface area contributed by atoms with E-state index in [0.717, 1.165) is 0 Å². The molecule has 0 aliphatic carbocycles. The van der Waals surface area contributed by atoms with Gasteiger partial charge in [0.25, 0.3) is 5.91 Å². The summed E-state index contributed by atoms with van der Waals surface area (Å²) in [4.78, 5) is 38.9. The molecular formula is C21H21FN2O5. The van der Waals surface area contributed by atoms with E-state index in [0.29, 0.717) is 17.1 Å². The van der Waals surface area contributed by atoms with E-state index >= 15 is 0 Å². The first-order valence-electron chi connectivity index (χ1n) is 9.02. The van der Waals surface area contributed by atoms with Crippen LogP contribution in [0.2, 0.25) is 0 Å². The largest absolute Gasteiger partial charge is 0.482 e. The van der Waals surface area contributed by atoms with Crippen LogP contribution in [0.5, 0.6) is 5.75 Å². The van der Waals surface area contributed by atoms with Crippen LogP contribution in [0.3, 0.4) is 0 Å². The van der Waals surface area contributed by atoms with Gasteiger partial charge < -0.3 is 14.8 Å². The molecule has 2 aromatic rings. The molecule has 0 radical (unpaired) electrons. The van der Waals surface area contributed by atoms with E-state index in [1.165, 1.54) is 36.1 Å². The highest BCUT2D eigenvalue weighted by molar-refractivity contribution is 6.15. The predicted molar refractivity (Wildman–Crippen MR) is 104 cm³/mol. The number of para-hydroxylation sites is 2. The summed E-state index contributed by atoms with van der Waals surface area (Å²) in [7, 11) is 0. The van der Waals surface area contributed by atoms with Gasteiger partial charge >= 0.3 is 5.97 Å². The third-order valence-electron chi connectivity index (χ3n) is 4.55. The second-order valence-electron chi connectivity index (χ2n) is 7.08. The van der Waals surface area contributed by atoms with E-state index in [-0.39, 0.29) is 5.91 Å². The lowest BCUT2D eigenvalue weighted by molar-refractivity contribution is -0.156. The van der Waals surface area contributed by atoms with Crippen LogP contribution in [0.4, 0.5) is 15.8 Å². The van der Waals surface area contributed by atoms with Gasteiger partial charge in [0.1, 0.15) is 17.1 Å². The van der Waals surface area contributed by atoms with Crippen molar-refractivity contribution in [3.05, 3.63) is 54.3 Å². The Morgan fingerprint density at radius 3 is 2.48 bits per heavy atom. The topological polar surface area (TPSA) is 84.9 Å². The zero-order valence-electron chi connectivity index (χ0n) is 16.3. The molecule has 7 nitrogen and oxygen atoms in total. The number of halogens is 1. The molecule has 1 atom stereocenters. The lowest BCUT2D eigenvalue weighted by Gasteiger charge is -2.42. The minimum atomic E-state index is -1.17. The standard InChI is InChI=1S/C21H21FN2O5/c1-13(29-18(25)12-28-15-10-8-14(22)9-11-15)19(26)24-17-7-5-4-6-16(17)23-20(27)21(24,2)3/h4-11,13H,12H2,1-3H3,(H,23,27)/t13-/m0/s1. The number of esters is 1. The maximum absolute atomic E-state index is 13.1. The van der Waals surface area contributed by atoms with Crippen molar-refractivity contribution in [2.24, 2.45) is 0 Å². The van der Waals surface area contributed by atoms with Crippen LogP contribution < -0.4 is 15.0 Å². The van der Waals surface area contributed by atoms with Crippen LogP contribution in [0.1, 0.15) is 20.8 Å². The molecule has 152 valence electrons. The molecule has 1 aliphatic heterocycles. The Bertz CT molecular complexity index is 942. The molecule has 2 aromatic carbocycles. The number of nitrogens with zero attached hydrogens (tertiary/aromatic N) is 1. The van der Waals surface area contributed by atoms with Crippen molar-refractivity contribution in [1.29, 1.82) is 0 Å². The number of carbonyl (C=O) groups is 3. The lowest BCUT2D eigenvalue weighted by atomic mass is 9.95. The molecule has 0 saturated carbocycles. The highest BCUT2D eigenvalue weighted by atomic mass is 19.1. The van der Waals surface area contributed by atoms with Crippen molar-refractivity contribution in [3.63, 3.8) is 0 Å². The van der Waals surface area contributed by atoms with Gasteiger partial charge in [0.2, 0.25) is 5.91 Å². The minimum Gasteiger partial charge on any atom is -0.482 e. The summed E-state index contributed by atoms with van der Waals surface area (Å²) in [6.45, 7) is 4.22. The van der Waals surface area contributed by atoms with Gasteiger partial charge in [-0.25, -0.2) is 9.18 Å². The molecule has 0 spiro atoms. The van der Waals surface area contributed by atoms with Gasteiger partial charge in [0.15, 0.2) is 12.7 Å². The van der Waals surface area contributed by atoms with Crippen LogP contribution >= 0.6 is 0 Å². The van der Waals surface area contributed by atoms with E-state index in [1.54, 1.807) is 38.1 Å². The fraction of sp³-hybridized carbons (Fsp3) is 0.286. The van der Waals surface area contributed by atoms with E-state index in [4.69, 9.17) is 9.47 Å². The van der Waals surface area contributed by atoms with Crippen LogP contribution in [-0.4, -0.2) is 36.0 Å². The summed E-state index contributed by atoms with van der Waals surface area (Å²) in [6.07, 6.45) is -1.14. The monoisotopic (exact) mass is 400 g/mol. The first-order chi connectivity index (χ1) is 13.7. The summed E-state index contributed by atoms with van der Waals surface area (Å²) in [6, 6.07) is 12.1. The van der Waals surface area contributed by atoms with Crippen molar-refractivity contribution in [3.8, 4) is 5.75 Å². The van der Waals surface area contributed by atoms with Gasteiger partial charge in [-0.15, -0.1) is 0 Å². The lowest BCUT2D eigenvalue weighted by Crippen LogP contribution is -2.60. The number of amides is 2. The molecule has 0 aromatic heterocycles. The Hall–Kier alpha value is -3.42. The van der Waals surface area contributed by atoms with Crippen LogP contribution in [0.15, 0.2) is 48.5 Å². The normalized spacial score (nSPS) is 15.7. The maximum atomic E-state index is 13.1. The number of hydrogen-bond acceptors (Lipinski definition) is 5. The van der Waals surface area contributed by atoms with Gasteiger partial charge in [0, 0.05) is 0 Å². The Labute approximate surface area is 167 Å². The summed E-state index contributed by atoms with van der Waals surface area (Å²) in [5.41, 5.74) is -0.146. The molecule has 8 heteroatoms. The molecular weight excluding hydrogens is 379 g/mol. The number of carbonyl (C=O) groups excluding carboxylic acids is 3. The SMILES string of the molecule is C[C@H](OC(=O)COc1ccc(F)cc1)C(=O)N1c2ccccc2NC(=O)C1(C)C. The molecule has 29 heavy (non-hydrogen) atoms. The number of fused-ring (bicyclic) bond motifs is 1. The zero-order valence-corrected chi connectivity index (χ0v) is 16.3. The van der Waals surface area contributed by atoms with E-state index in [1.807, 2.05) is 0 Å². The quantitative estimate of drug-likeness (QED) is 0.780.